The van der Waals surface area contributed by atoms with E-state index in [-0.39, 0.29) is 5.02 Å². The summed E-state index contributed by atoms with van der Waals surface area (Å²) in [5, 5.41) is 4.37. The van der Waals surface area contributed by atoms with Crippen LogP contribution in [0.5, 0.6) is 0 Å². The van der Waals surface area contributed by atoms with Crippen LogP contribution in [0.3, 0.4) is 0 Å². The number of para-hydroxylation sites is 1. The SMILES string of the molecule is CCCNC(=O)Nc1c(Cl)cccc1C(F)(F)F. The second kappa shape index (κ2) is 5.95. The number of carbonyl (C=O) groups is 1. The molecule has 3 nitrogen and oxygen atoms in total. The van der Waals surface area contributed by atoms with Crippen LogP contribution in [0.1, 0.15) is 18.9 Å². The third-order valence-corrected chi connectivity index (χ3v) is 2.41. The molecule has 1 aromatic rings. The lowest BCUT2D eigenvalue weighted by Crippen LogP contribution is -2.30. The van der Waals surface area contributed by atoms with Gasteiger partial charge in [0.1, 0.15) is 0 Å². The number of urea groups is 1. The van der Waals surface area contributed by atoms with Crippen molar-refractivity contribution in [1.29, 1.82) is 0 Å². The van der Waals surface area contributed by atoms with E-state index >= 15 is 0 Å². The van der Waals surface area contributed by atoms with E-state index in [1.165, 1.54) is 12.1 Å². The molecule has 0 fully saturated rings. The van der Waals surface area contributed by atoms with Crippen LogP contribution in [-0.2, 0) is 6.18 Å². The molecule has 1 aromatic carbocycles. The molecule has 0 aliphatic heterocycles. The molecule has 0 heterocycles. The van der Waals surface area contributed by atoms with Gasteiger partial charge in [-0.25, -0.2) is 4.79 Å². The molecule has 0 radical (unpaired) electrons. The predicted octanol–water partition coefficient (Wildman–Crippen LogP) is 3.89. The largest absolute Gasteiger partial charge is 0.418 e. The minimum Gasteiger partial charge on any atom is -0.338 e. The van der Waals surface area contributed by atoms with Gasteiger partial charge in [-0.3, -0.25) is 0 Å². The lowest BCUT2D eigenvalue weighted by molar-refractivity contribution is -0.136. The third kappa shape index (κ3) is 3.80. The number of hydrogen-bond acceptors (Lipinski definition) is 1. The van der Waals surface area contributed by atoms with Crippen molar-refractivity contribution >= 4 is 23.3 Å². The highest BCUT2D eigenvalue weighted by Crippen LogP contribution is 2.38. The van der Waals surface area contributed by atoms with Crippen LogP contribution in [0.15, 0.2) is 18.2 Å². The molecule has 2 N–H and O–H groups in total. The number of halogens is 4. The zero-order chi connectivity index (χ0) is 13.8. The fourth-order valence-corrected chi connectivity index (χ4v) is 1.51. The number of amides is 2. The first-order valence-electron chi connectivity index (χ1n) is 5.26. The molecule has 7 heteroatoms. The zero-order valence-corrected chi connectivity index (χ0v) is 10.3. The van der Waals surface area contributed by atoms with Gasteiger partial charge in [0, 0.05) is 6.54 Å². The number of anilines is 1. The maximum absolute atomic E-state index is 12.7. The van der Waals surface area contributed by atoms with Crippen LogP contribution in [0.25, 0.3) is 0 Å². The molecule has 100 valence electrons. The van der Waals surface area contributed by atoms with Crippen molar-refractivity contribution in [3.63, 3.8) is 0 Å². The van der Waals surface area contributed by atoms with E-state index < -0.39 is 23.5 Å². The van der Waals surface area contributed by atoms with Crippen molar-refractivity contribution in [2.75, 3.05) is 11.9 Å². The number of alkyl halides is 3. The Bertz CT molecular complexity index is 435. The van der Waals surface area contributed by atoms with Gasteiger partial charge in [0.05, 0.1) is 16.3 Å². The van der Waals surface area contributed by atoms with Crippen molar-refractivity contribution in [1.82, 2.24) is 5.32 Å². The van der Waals surface area contributed by atoms with Gasteiger partial charge in [-0.05, 0) is 18.6 Å². The van der Waals surface area contributed by atoms with Crippen molar-refractivity contribution < 1.29 is 18.0 Å². The first kappa shape index (κ1) is 14.6. The maximum atomic E-state index is 12.7. The van der Waals surface area contributed by atoms with Gasteiger partial charge in [0.25, 0.3) is 0 Å². The molecule has 2 amide bonds. The van der Waals surface area contributed by atoms with Crippen LogP contribution in [0.2, 0.25) is 5.02 Å². The third-order valence-electron chi connectivity index (χ3n) is 2.09. The van der Waals surface area contributed by atoms with Gasteiger partial charge in [-0.15, -0.1) is 0 Å². The lowest BCUT2D eigenvalue weighted by atomic mass is 10.1. The van der Waals surface area contributed by atoms with Gasteiger partial charge in [-0.2, -0.15) is 13.2 Å². The molecule has 0 aromatic heterocycles. The van der Waals surface area contributed by atoms with Crippen molar-refractivity contribution in [2.24, 2.45) is 0 Å². The molecule has 0 saturated heterocycles. The van der Waals surface area contributed by atoms with Crippen LogP contribution >= 0.6 is 11.6 Å². The molecule has 1 rings (SSSR count). The van der Waals surface area contributed by atoms with Crippen molar-refractivity contribution in [2.45, 2.75) is 19.5 Å². The highest BCUT2D eigenvalue weighted by Gasteiger charge is 2.34. The van der Waals surface area contributed by atoms with Gasteiger partial charge in [0.2, 0.25) is 0 Å². The van der Waals surface area contributed by atoms with E-state index in [0.717, 1.165) is 6.07 Å². The predicted molar refractivity (Wildman–Crippen MR) is 63.8 cm³/mol. The molecular formula is C11H12ClF3N2O. The lowest BCUT2D eigenvalue weighted by Gasteiger charge is -2.15. The van der Waals surface area contributed by atoms with E-state index in [2.05, 4.69) is 10.6 Å². The number of rotatable bonds is 3. The Balaban J connectivity index is 2.97. The Morgan fingerprint density at radius 3 is 2.61 bits per heavy atom. The Labute approximate surface area is 107 Å². The highest BCUT2D eigenvalue weighted by molar-refractivity contribution is 6.33. The first-order chi connectivity index (χ1) is 8.36. The molecule has 0 spiro atoms. The standard InChI is InChI=1S/C11H12ClF3N2O/c1-2-6-16-10(18)17-9-7(11(13,14)15)4-3-5-8(9)12/h3-5H,2,6H2,1H3,(H2,16,17,18). The minimum absolute atomic E-state index is 0.156. The average Bonchev–Trinajstić information content (AvgIpc) is 2.27. The highest BCUT2D eigenvalue weighted by atomic mass is 35.5. The summed E-state index contributed by atoms with van der Waals surface area (Å²) in [6.45, 7) is 2.20. The van der Waals surface area contributed by atoms with Gasteiger partial charge < -0.3 is 10.6 Å². The van der Waals surface area contributed by atoms with E-state index in [9.17, 15) is 18.0 Å². The fourth-order valence-electron chi connectivity index (χ4n) is 1.28. The second-order valence-corrected chi connectivity index (χ2v) is 3.95. The van der Waals surface area contributed by atoms with Gasteiger partial charge in [-0.1, -0.05) is 24.6 Å². The zero-order valence-electron chi connectivity index (χ0n) is 9.57. The molecule has 0 atom stereocenters. The minimum atomic E-state index is -4.57. The molecule has 18 heavy (non-hydrogen) atoms. The molecular weight excluding hydrogens is 269 g/mol. The van der Waals surface area contributed by atoms with Crippen molar-refractivity contribution in [3.05, 3.63) is 28.8 Å². The number of nitrogens with one attached hydrogen (secondary N) is 2. The Kier molecular flexibility index (Phi) is 4.84. The van der Waals surface area contributed by atoms with E-state index in [0.29, 0.717) is 13.0 Å². The average molecular weight is 281 g/mol. The van der Waals surface area contributed by atoms with Crippen LogP contribution in [-0.4, -0.2) is 12.6 Å². The van der Waals surface area contributed by atoms with Crippen molar-refractivity contribution in [3.8, 4) is 0 Å². The Morgan fingerprint density at radius 2 is 2.06 bits per heavy atom. The van der Waals surface area contributed by atoms with Gasteiger partial charge in [0.15, 0.2) is 0 Å². The molecule has 0 aliphatic rings. The number of hydrogen-bond donors (Lipinski definition) is 2. The Hall–Kier alpha value is -1.43. The van der Waals surface area contributed by atoms with Crippen LogP contribution in [0, 0.1) is 0 Å². The first-order valence-corrected chi connectivity index (χ1v) is 5.64. The summed E-state index contributed by atoms with van der Waals surface area (Å²) < 4.78 is 38.1. The van der Waals surface area contributed by atoms with Gasteiger partial charge >= 0.3 is 12.2 Å². The fraction of sp³-hybridized carbons (Fsp3) is 0.364. The summed E-state index contributed by atoms with van der Waals surface area (Å²) in [5.41, 5.74) is -1.40. The maximum Gasteiger partial charge on any atom is 0.418 e. The summed E-state index contributed by atoms with van der Waals surface area (Å²) >= 11 is 5.67. The van der Waals surface area contributed by atoms with E-state index in [4.69, 9.17) is 11.6 Å². The monoisotopic (exact) mass is 280 g/mol. The van der Waals surface area contributed by atoms with Crippen LogP contribution < -0.4 is 10.6 Å². The molecule has 0 saturated carbocycles. The summed E-state index contributed by atoms with van der Waals surface area (Å²) in [6, 6.07) is 2.61. The summed E-state index contributed by atoms with van der Waals surface area (Å²) in [5.74, 6) is 0. The summed E-state index contributed by atoms with van der Waals surface area (Å²) in [4.78, 5) is 11.4. The molecule has 0 unspecified atom stereocenters. The topological polar surface area (TPSA) is 41.1 Å². The Morgan fingerprint density at radius 1 is 1.39 bits per heavy atom. The summed E-state index contributed by atoms with van der Waals surface area (Å²) in [6.07, 6.45) is -3.89. The quantitative estimate of drug-likeness (QED) is 0.866. The normalized spacial score (nSPS) is 11.2. The number of benzene rings is 1. The smallest absolute Gasteiger partial charge is 0.338 e. The number of carbonyl (C=O) groups excluding carboxylic acids is 1. The van der Waals surface area contributed by atoms with Crippen LogP contribution in [0.4, 0.5) is 23.7 Å². The summed E-state index contributed by atoms with van der Waals surface area (Å²) in [7, 11) is 0. The second-order valence-electron chi connectivity index (χ2n) is 3.54. The van der Waals surface area contributed by atoms with E-state index in [1.807, 2.05) is 6.92 Å². The molecule has 0 bridgehead atoms. The van der Waals surface area contributed by atoms with E-state index in [1.54, 1.807) is 0 Å². The molecule has 0 aliphatic carbocycles.